The van der Waals surface area contributed by atoms with Crippen molar-refractivity contribution in [2.45, 2.75) is 26.3 Å². The fraction of sp³-hybridized carbons (Fsp3) is 0.857. The summed E-state index contributed by atoms with van der Waals surface area (Å²) in [5, 5.41) is 0. The second-order valence-corrected chi connectivity index (χ2v) is 4.08. The van der Waals surface area contributed by atoms with Gasteiger partial charge in [-0.05, 0) is 13.3 Å². The molecule has 1 aliphatic rings. The molecular formula is C7H13NS2. The van der Waals surface area contributed by atoms with Crippen LogP contribution in [0, 0.1) is 0 Å². The summed E-state index contributed by atoms with van der Waals surface area (Å²) in [4.78, 5) is 2.32. The van der Waals surface area contributed by atoms with E-state index in [0.717, 1.165) is 10.9 Å². The number of rotatable bonds is 2. The molecule has 0 spiro atoms. The summed E-state index contributed by atoms with van der Waals surface area (Å²) in [7, 11) is 0. The van der Waals surface area contributed by atoms with Gasteiger partial charge in [0.25, 0.3) is 0 Å². The van der Waals surface area contributed by atoms with Gasteiger partial charge in [-0.1, -0.05) is 30.9 Å². The minimum absolute atomic E-state index is 0.711. The molecule has 0 radical (unpaired) electrons. The average Bonchev–Trinajstić information content (AvgIpc) is 2.30. The number of thioether (sulfide) groups is 1. The van der Waals surface area contributed by atoms with E-state index in [1.165, 1.54) is 12.2 Å². The molecule has 10 heavy (non-hydrogen) atoms. The Hall–Kier alpha value is 0.240. The van der Waals surface area contributed by atoms with E-state index in [9.17, 15) is 0 Å². The second kappa shape index (κ2) is 3.58. The number of nitrogens with zero attached hydrogens (tertiary/aromatic N) is 1. The highest BCUT2D eigenvalue weighted by atomic mass is 32.2. The first kappa shape index (κ1) is 8.34. The van der Waals surface area contributed by atoms with Gasteiger partial charge in [0.2, 0.25) is 0 Å². The third-order valence-electron chi connectivity index (χ3n) is 1.89. The summed E-state index contributed by atoms with van der Waals surface area (Å²) >= 11 is 6.99. The van der Waals surface area contributed by atoms with E-state index in [1.807, 2.05) is 11.8 Å². The molecule has 1 fully saturated rings. The summed E-state index contributed by atoms with van der Waals surface area (Å²) in [5.41, 5.74) is 0. The zero-order valence-electron chi connectivity index (χ0n) is 6.46. The molecule has 3 heteroatoms. The number of hydrogen-bond donors (Lipinski definition) is 0. The largest absolute Gasteiger partial charge is 0.354 e. The maximum Gasteiger partial charge on any atom is 0.136 e. The lowest BCUT2D eigenvalue weighted by Crippen LogP contribution is -2.32. The van der Waals surface area contributed by atoms with Gasteiger partial charge in [0.05, 0.1) is 0 Å². The predicted octanol–water partition coefficient (Wildman–Crippen LogP) is 2.12. The summed E-state index contributed by atoms with van der Waals surface area (Å²) < 4.78 is 1.09. The minimum atomic E-state index is 0.711. The highest BCUT2D eigenvalue weighted by Crippen LogP contribution is 2.25. The van der Waals surface area contributed by atoms with Crippen LogP contribution in [0.5, 0.6) is 0 Å². The molecule has 0 saturated carbocycles. The first-order chi connectivity index (χ1) is 4.79. The van der Waals surface area contributed by atoms with Crippen LogP contribution in [0.25, 0.3) is 0 Å². The Bertz CT molecular complexity index is 136. The van der Waals surface area contributed by atoms with Gasteiger partial charge in [-0.15, -0.1) is 0 Å². The fourth-order valence-electron chi connectivity index (χ4n) is 1.21. The topological polar surface area (TPSA) is 3.24 Å². The van der Waals surface area contributed by atoms with E-state index in [-0.39, 0.29) is 0 Å². The number of thiocarbonyl (C=S) groups is 1. The predicted molar refractivity (Wildman–Crippen MR) is 51.5 cm³/mol. The summed E-state index contributed by atoms with van der Waals surface area (Å²) in [6.07, 6.45) is 1.22. The van der Waals surface area contributed by atoms with E-state index in [1.54, 1.807) is 0 Å². The summed E-state index contributed by atoms with van der Waals surface area (Å²) in [6, 6.07) is 0.711. The molecule has 0 aromatic carbocycles. The Morgan fingerprint density at radius 3 is 2.80 bits per heavy atom. The molecule has 0 bridgehead atoms. The van der Waals surface area contributed by atoms with Crippen molar-refractivity contribution in [3.8, 4) is 0 Å². The van der Waals surface area contributed by atoms with Crippen molar-refractivity contribution in [2.24, 2.45) is 0 Å². The van der Waals surface area contributed by atoms with Gasteiger partial charge >= 0.3 is 0 Å². The van der Waals surface area contributed by atoms with Crippen LogP contribution in [0.2, 0.25) is 0 Å². The van der Waals surface area contributed by atoms with E-state index < -0.39 is 0 Å². The van der Waals surface area contributed by atoms with E-state index in [2.05, 4.69) is 18.7 Å². The molecule has 0 aliphatic carbocycles. The van der Waals surface area contributed by atoms with Crippen molar-refractivity contribution in [3.05, 3.63) is 0 Å². The quantitative estimate of drug-likeness (QED) is 0.592. The zero-order valence-corrected chi connectivity index (χ0v) is 8.10. The first-order valence-electron chi connectivity index (χ1n) is 3.73. The lowest BCUT2D eigenvalue weighted by atomic mass is 10.2. The molecule has 58 valence electrons. The van der Waals surface area contributed by atoms with Crippen LogP contribution in [0.3, 0.4) is 0 Å². The second-order valence-electron chi connectivity index (χ2n) is 2.42. The Morgan fingerprint density at radius 2 is 2.40 bits per heavy atom. The maximum atomic E-state index is 5.17. The molecule has 0 aromatic heterocycles. The van der Waals surface area contributed by atoms with Gasteiger partial charge in [-0.25, -0.2) is 0 Å². The van der Waals surface area contributed by atoms with E-state index in [4.69, 9.17) is 12.2 Å². The number of hydrogen-bond acceptors (Lipinski definition) is 2. The molecule has 0 aromatic rings. The Labute approximate surface area is 72.2 Å². The molecule has 1 aliphatic heterocycles. The van der Waals surface area contributed by atoms with Crippen molar-refractivity contribution >= 4 is 28.3 Å². The van der Waals surface area contributed by atoms with E-state index >= 15 is 0 Å². The average molecular weight is 175 g/mol. The molecule has 1 atom stereocenters. The monoisotopic (exact) mass is 175 g/mol. The standard InChI is InChI=1S/C7H13NS2/c1-3-6-5-10-7(9)8(6)4-2/h6H,3-5H2,1-2H3. The molecule has 1 saturated heterocycles. The van der Waals surface area contributed by atoms with E-state index in [0.29, 0.717) is 6.04 Å². The van der Waals surface area contributed by atoms with Gasteiger partial charge in [0.15, 0.2) is 0 Å². The molecule has 0 amide bonds. The van der Waals surface area contributed by atoms with Crippen LogP contribution in [0.4, 0.5) is 0 Å². The van der Waals surface area contributed by atoms with Crippen molar-refractivity contribution in [2.75, 3.05) is 12.3 Å². The van der Waals surface area contributed by atoms with Crippen LogP contribution in [0.15, 0.2) is 0 Å². The lowest BCUT2D eigenvalue weighted by molar-refractivity contribution is 0.362. The van der Waals surface area contributed by atoms with Crippen LogP contribution < -0.4 is 0 Å². The zero-order chi connectivity index (χ0) is 7.56. The van der Waals surface area contributed by atoms with Crippen molar-refractivity contribution in [1.29, 1.82) is 0 Å². The van der Waals surface area contributed by atoms with Crippen LogP contribution in [-0.2, 0) is 0 Å². The fourth-order valence-corrected chi connectivity index (χ4v) is 2.89. The highest BCUT2D eigenvalue weighted by molar-refractivity contribution is 8.23. The lowest BCUT2D eigenvalue weighted by Gasteiger charge is -2.22. The highest BCUT2D eigenvalue weighted by Gasteiger charge is 2.25. The molecule has 1 unspecified atom stereocenters. The minimum Gasteiger partial charge on any atom is -0.354 e. The van der Waals surface area contributed by atoms with Gasteiger partial charge in [0, 0.05) is 18.3 Å². The normalized spacial score (nSPS) is 26.0. The third-order valence-corrected chi connectivity index (χ3v) is 3.51. The van der Waals surface area contributed by atoms with Crippen molar-refractivity contribution in [3.63, 3.8) is 0 Å². The third kappa shape index (κ3) is 1.45. The van der Waals surface area contributed by atoms with Crippen LogP contribution in [-0.4, -0.2) is 27.6 Å². The van der Waals surface area contributed by atoms with Crippen molar-refractivity contribution < 1.29 is 0 Å². The van der Waals surface area contributed by atoms with Gasteiger partial charge in [-0.2, -0.15) is 0 Å². The molecule has 1 rings (SSSR count). The Kier molecular flexibility index (Phi) is 2.98. The molecule has 1 heterocycles. The Morgan fingerprint density at radius 1 is 1.70 bits per heavy atom. The van der Waals surface area contributed by atoms with Crippen molar-refractivity contribution in [1.82, 2.24) is 4.90 Å². The SMILES string of the molecule is CCC1CSC(=S)N1CC. The molecule has 1 nitrogen and oxygen atoms in total. The summed E-state index contributed by atoms with van der Waals surface area (Å²) in [5.74, 6) is 1.20. The Balaban J connectivity index is 2.54. The maximum absolute atomic E-state index is 5.17. The van der Waals surface area contributed by atoms with Gasteiger partial charge in [-0.3, -0.25) is 0 Å². The smallest absolute Gasteiger partial charge is 0.136 e. The van der Waals surface area contributed by atoms with Crippen LogP contribution in [0.1, 0.15) is 20.3 Å². The van der Waals surface area contributed by atoms with Gasteiger partial charge < -0.3 is 4.90 Å². The first-order valence-corrected chi connectivity index (χ1v) is 5.12. The molecule has 0 N–H and O–H groups in total. The summed E-state index contributed by atoms with van der Waals surface area (Å²) in [6.45, 7) is 5.47. The van der Waals surface area contributed by atoms with Gasteiger partial charge in [0.1, 0.15) is 4.32 Å². The van der Waals surface area contributed by atoms with Crippen LogP contribution >= 0.6 is 24.0 Å². The molecular weight excluding hydrogens is 162 g/mol.